The molecule has 0 aliphatic carbocycles. The number of carbonyl (C=O) groups is 1. The molecule has 0 saturated carbocycles. The Hall–Kier alpha value is -3.15. The molecular weight excluding hydrogens is 326 g/mol. The molecule has 0 radical (unpaired) electrons. The van der Waals surface area contributed by atoms with Gasteiger partial charge in [-0.05, 0) is 42.2 Å². The zero-order valence-corrected chi connectivity index (χ0v) is 14.7. The van der Waals surface area contributed by atoms with Gasteiger partial charge in [-0.1, -0.05) is 25.1 Å². The second-order valence-corrected chi connectivity index (χ2v) is 6.34. The van der Waals surface area contributed by atoms with Crippen LogP contribution in [0, 0.1) is 0 Å². The summed E-state index contributed by atoms with van der Waals surface area (Å²) in [6, 6.07) is 13.8. The standard InChI is InChI=1S/C20H21N5O/c1-2-15-6-7-18-16(13-15)9-12-24(18)20(26)23-19-8-11-22-25(19)14-17-5-3-4-10-21-17/h3-8,10-11,13H,2,9,12,14H2,1H3,(H,23,26). The summed E-state index contributed by atoms with van der Waals surface area (Å²) >= 11 is 0. The lowest BCUT2D eigenvalue weighted by Crippen LogP contribution is -2.34. The molecular formula is C20H21N5O. The van der Waals surface area contributed by atoms with Crippen LogP contribution >= 0.6 is 0 Å². The maximum atomic E-state index is 12.8. The summed E-state index contributed by atoms with van der Waals surface area (Å²) in [7, 11) is 0. The van der Waals surface area contributed by atoms with Crippen LogP contribution in [0.1, 0.15) is 23.7 Å². The molecule has 1 aromatic carbocycles. The number of aromatic nitrogens is 3. The Bertz CT molecular complexity index is 919. The quantitative estimate of drug-likeness (QED) is 0.786. The van der Waals surface area contributed by atoms with E-state index in [0.717, 1.165) is 24.2 Å². The van der Waals surface area contributed by atoms with Crippen LogP contribution < -0.4 is 10.2 Å². The number of pyridine rings is 1. The first kappa shape index (κ1) is 16.3. The number of anilines is 2. The molecule has 0 spiro atoms. The Labute approximate surface area is 152 Å². The van der Waals surface area contributed by atoms with Crippen molar-refractivity contribution in [3.63, 3.8) is 0 Å². The number of fused-ring (bicyclic) bond motifs is 1. The van der Waals surface area contributed by atoms with Crippen molar-refractivity contribution in [2.75, 3.05) is 16.8 Å². The van der Waals surface area contributed by atoms with Crippen molar-refractivity contribution in [1.29, 1.82) is 0 Å². The molecule has 6 nitrogen and oxygen atoms in total. The Morgan fingerprint density at radius 1 is 1.19 bits per heavy atom. The number of aryl methyl sites for hydroxylation is 1. The van der Waals surface area contributed by atoms with Crippen LogP contribution in [-0.2, 0) is 19.4 Å². The summed E-state index contributed by atoms with van der Waals surface area (Å²) in [5.74, 6) is 0.666. The molecule has 3 aromatic rings. The topological polar surface area (TPSA) is 63.1 Å². The van der Waals surface area contributed by atoms with E-state index in [4.69, 9.17) is 0 Å². The van der Waals surface area contributed by atoms with Gasteiger partial charge in [0.1, 0.15) is 5.82 Å². The maximum absolute atomic E-state index is 12.8. The summed E-state index contributed by atoms with van der Waals surface area (Å²) in [5.41, 5.74) is 4.43. The maximum Gasteiger partial charge on any atom is 0.327 e. The molecule has 3 heterocycles. The third-order valence-corrected chi connectivity index (χ3v) is 4.68. The second-order valence-electron chi connectivity index (χ2n) is 6.34. The molecule has 1 aliphatic rings. The molecule has 0 saturated heterocycles. The fourth-order valence-electron chi connectivity index (χ4n) is 3.27. The van der Waals surface area contributed by atoms with E-state index in [2.05, 4.69) is 34.5 Å². The van der Waals surface area contributed by atoms with Gasteiger partial charge in [-0.25, -0.2) is 9.48 Å². The Morgan fingerprint density at radius 3 is 2.92 bits per heavy atom. The number of nitrogens with zero attached hydrogens (tertiary/aromatic N) is 4. The summed E-state index contributed by atoms with van der Waals surface area (Å²) in [5, 5.41) is 7.28. The smallest absolute Gasteiger partial charge is 0.294 e. The first-order valence-corrected chi connectivity index (χ1v) is 8.86. The van der Waals surface area contributed by atoms with Crippen molar-refractivity contribution in [2.24, 2.45) is 0 Å². The van der Waals surface area contributed by atoms with Crippen LogP contribution in [0.15, 0.2) is 54.9 Å². The lowest BCUT2D eigenvalue weighted by atomic mass is 10.1. The molecule has 2 amide bonds. The highest BCUT2D eigenvalue weighted by molar-refractivity contribution is 6.02. The molecule has 0 bridgehead atoms. The number of rotatable bonds is 4. The lowest BCUT2D eigenvalue weighted by molar-refractivity contribution is 0.257. The largest absolute Gasteiger partial charge is 0.327 e. The van der Waals surface area contributed by atoms with E-state index in [-0.39, 0.29) is 6.03 Å². The Morgan fingerprint density at radius 2 is 2.12 bits per heavy atom. The van der Waals surface area contributed by atoms with Gasteiger partial charge in [0.2, 0.25) is 0 Å². The van der Waals surface area contributed by atoms with Gasteiger partial charge in [0.15, 0.2) is 0 Å². The molecule has 4 rings (SSSR count). The van der Waals surface area contributed by atoms with Crippen molar-refractivity contribution in [1.82, 2.24) is 14.8 Å². The number of urea groups is 1. The van der Waals surface area contributed by atoms with Gasteiger partial charge in [0, 0.05) is 24.5 Å². The van der Waals surface area contributed by atoms with Crippen LogP contribution in [0.4, 0.5) is 16.3 Å². The van der Waals surface area contributed by atoms with Gasteiger partial charge in [0.25, 0.3) is 0 Å². The molecule has 0 unspecified atom stereocenters. The van der Waals surface area contributed by atoms with Crippen LogP contribution in [0.3, 0.4) is 0 Å². The molecule has 2 aromatic heterocycles. The molecule has 132 valence electrons. The van der Waals surface area contributed by atoms with Crippen molar-refractivity contribution in [3.05, 3.63) is 71.7 Å². The van der Waals surface area contributed by atoms with E-state index in [9.17, 15) is 4.79 Å². The number of carbonyl (C=O) groups excluding carboxylic acids is 1. The highest BCUT2D eigenvalue weighted by Gasteiger charge is 2.25. The number of amides is 2. The van der Waals surface area contributed by atoms with Crippen LogP contribution in [0.2, 0.25) is 0 Å². The molecule has 6 heteroatoms. The van der Waals surface area contributed by atoms with Gasteiger partial charge in [-0.15, -0.1) is 0 Å². The van der Waals surface area contributed by atoms with Gasteiger partial charge in [-0.3, -0.25) is 15.2 Å². The number of nitrogens with one attached hydrogen (secondary N) is 1. The second kappa shape index (κ2) is 7.00. The lowest BCUT2D eigenvalue weighted by Gasteiger charge is -2.18. The van der Waals surface area contributed by atoms with E-state index < -0.39 is 0 Å². The van der Waals surface area contributed by atoms with Crippen LogP contribution in [0.5, 0.6) is 0 Å². The van der Waals surface area contributed by atoms with Crippen LogP contribution in [0.25, 0.3) is 0 Å². The molecule has 0 atom stereocenters. The summed E-state index contributed by atoms with van der Waals surface area (Å²) in [6.07, 6.45) is 5.34. The number of hydrogen-bond acceptors (Lipinski definition) is 3. The third kappa shape index (κ3) is 3.18. The zero-order chi connectivity index (χ0) is 17.9. The van der Waals surface area contributed by atoms with Gasteiger partial charge < -0.3 is 0 Å². The molecule has 26 heavy (non-hydrogen) atoms. The molecule has 0 fully saturated rings. The van der Waals surface area contributed by atoms with Crippen molar-refractivity contribution >= 4 is 17.5 Å². The van der Waals surface area contributed by atoms with Crippen LogP contribution in [-0.4, -0.2) is 27.3 Å². The predicted molar refractivity (Wildman–Crippen MR) is 101 cm³/mol. The van der Waals surface area contributed by atoms with Crippen molar-refractivity contribution in [3.8, 4) is 0 Å². The van der Waals surface area contributed by atoms with E-state index in [0.29, 0.717) is 18.9 Å². The SMILES string of the molecule is CCc1ccc2c(c1)CCN2C(=O)Nc1ccnn1Cc1ccccn1. The first-order valence-electron chi connectivity index (χ1n) is 8.86. The fourth-order valence-corrected chi connectivity index (χ4v) is 3.27. The number of hydrogen-bond donors (Lipinski definition) is 1. The Kier molecular flexibility index (Phi) is 4.39. The normalized spacial score (nSPS) is 12.9. The first-order chi connectivity index (χ1) is 12.7. The predicted octanol–water partition coefficient (Wildman–Crippen LogP) is 3.48. The van der Waals surface area contributed by atoms with Crippen molar-refractivity contribution in [2.45, 2.75) is 26.3 Å². The zero-order valence-electron chi connectivity index (χ0n) is 14.7. The summed E-state index contributed by atoms with van der Waals surface area (Å²) in [4.78, 5) is 18.9. The average Bonchev–Trinajstić information content (AvgIpc) is 3.29. The number of benzene rings is 1. The highest BCUT2D eigenvalue weighted by Crippen LogP contribution is 2.29. The minimum Gasteiger partial charge on any atom is -0.294 e. The van der Waals surface area contributed by atoms with Crippen molar-refractivity contribution < 1.29 is 4.79 Å². The van der Waals surface area contributed by atoms with Gasteiger partial charge in [0.05, 0.1) is 18.4 Å². The third-order valence-electron chi connectivity index (χ3n) is 4.68. The van der Waals surface area contributed by atoms with Gasteiger partial charge >= 0.3 is 6.03 Å². The summed E-state index contributed by atoms with van der Waals surface area (Å²) < 4.78 is 1.75. The minimum atomic E-state index is -0.129. The minimum absolute atomic E-state index is 0.129. The molecule has 1 aliphatic heterocycles. The molecule has 1 N–H and O–H groups in total. The van der Waals surface area contributed by atoms with E-state index in [1.165, 1.54) is 11.1 Å². The highest BCUT2D eigenvalue weighted by atomic mass is 16.2. The average molecular weight is 347 g/mol. The van der Waals surface area contributed by atoms with E-state index >= 15 is 0 Å². The fraction of sp³-hybridized carbons (Fsp3) is 0.250. The monoisotopic (exact) mass is 347 g/mol. The Balaban J connectivity index is 1.50. The summed E-state index contributed by atoms with van der Waals surface area (Å²) in [6.45, 7) is 3.35. The van der Waals surface area contributed by atoms with E-state index in [1.54, 1.807) is 28.0 Å². The van der Waals surface area contributed by atoms with E-state index in [1.807, 2.05) is 24.3 Å². The van der Waals surface area contributed by atoms with Gasteiger partial charge in [-0.2, -0.15) is 5.10 Å².